The van der Waals surface area contributed by atoms with Gasteiger partial charge in [-0.15, -0.1) is 0 Å². The van der Waals surface area contributed by atoms with Gasteiger partial charge in [-0.2, -0.15) is 0 Å². The first-order valence-corrected chi connectivity index (χ1v) is 4.82. The zero-order chi connectivity index (χ0) is 10.6. The summed E-state index contributed by atoms with van der Waals surface area (Å²) in [6.07, 6.45) is 0.841. The van der Waals surface area contributed by atoms with Gasteiger partial charge in [0.25, 0.3) is 0 Å². The van der Waals surface area contributed by atoms with Gasteiger partial charge < -0.3 is 15.7 Å². The molecule has 0 aromatic rings. The Morgan fingerprint density at radius 2 is 2.36 bits per heavy atom. The molecule has 0 aromatic carbocycles. The predicted molar refractivity (Wildman–Crippen MR) is 50.8 cm³/mol. The van der Waals surface area contributed by atoms with Gasteiger partial charge >= 0.3 is 5.97 Å². The van der Waals surface area contributed by atoms with Crippen LogP contribution in [0.1, 0.15) is 13.3 Å². The third kappa shape index (κ3) is 2.99. The zero-order valence-corrected chi connectivity index (χ0v) is 8.25. The lowest BCUT2D eigenvalue weighted by molar-refractivity contribution is -0.141. The molecule has 1 heterocycles. The molecule has 1 rings (SSSR count). The molecule has 5 nitrogen and oxygen atoms in total. The highest BCUT2D eigenvalue weighted by Crippen LogP contribution is 2.07. The molecule has 5 heteroatoms. The molecule has 2 atom stereocenters. The maximum Gasteiger partial charge on any atom is 0.308 e. The van der Waals surface area contributed by atoms with Gasteiger partial charge in [0.15, 0.2) is 0 Å². The average molecular weight is 200 g/mol. The third-order valence-electron chi connectivity index (χ3n) is 2.44. The molecule has 80 valence electrons. The molecular formula is C9H16N2O3. The van der Waals surface area contributed by atoms with Crippen LogP contribution in [0.4, 0.5) is 0 Å². The van der Waals surface area contributed by atoms with Crippen molar-refractivity contribution in [2.24, 2.45) is 11.8 Å². The second kappa shape index (κ2) is 4.95. The zero-order valence-electron chi connectivity index (χ0n) is 8.25. The van der Waals surface area contributed by atoms with Crippen molar-refractivity contribution in [1.29, 1.82) is 0 Å². The Bertz CT molecular complexity index is 224. The molecular weight excluding hydrogens is 184 g/mol. The molecule has 1 aliphatic heterocycles. The van der Waals surface area contributed by atoms with Gasteiger partial charge in [0.2, 0.25) is 5.91 Å². The first kappa shape index (κ1) is 11.0. The highest BCUT2D eigenvalue weighted by molar-refractivity contribution is 5.80. The molecule has 1 saturated heterocycles. The van der Waals surface area contributed by atoms with Crippen molar-refractivity contribution in [2.45, 2.75) is 13.3 Å². The maximum atomic E-state index is 11.4. The molecule has 1 amide bonds. The molecule has 1 fully saturated rings. The summed E-state index contributed by atoms with van der Waals surface area (Å²) in [6, 6.07) is 0. The molecule has 2 unspecified atom stereocenters. The van der Waals surface area contributed by atoms with Gasteiger partial charge in [-0.1, -0.05) is 6.92 Å². The molecule has 0 bridgehead atoms. The molecule has 0 aromatic heterocycles. The van der Waals surface area contributed by atoms with E-state index in [1.165, 1.54) is 0 Å². The number of carbonyl (C=O) groups excluding carboxylic acids is 1. The molecule has 3 N–H and O–H groups in total. The minimum absolute atomic E-state index is 0.0102. The van der Waals surface area contributed by atoms with E-state index in [1.54, 1.807) is 6.92 Å². The van der Waals surface area contributed by atoms with Crippen molar-refractivity contribution in [1.82, 2.24) is 10.6 Å². The lowest BCUT2D eigenvalue weighted by atomic mass is 10.1. The standard InChI is InChI=1S/C9H16N2O3/c1-6(9(13)14)4-11-8(12)7-2-3-10-5-7/h6-7,10H,2-5H2,1H3,(H,11,12)(H,13,14). The molecule has 0 saturated carbocycles. The summed E-state index contributed by atoms with van der Waals surface area (Å²) in [4.78, 5) is 21.9. The van der Waals surface area contributed by atoms with E-state index in [4.69, 9.17) is 5.11 Å². The van der Waals surface area contributed by atoms with Crippen LogP contribution in [0.5, 0.6) is 0 Å². The van der Waals surface area contributed by atoms with Gasteiger partial charge in [0, 0.05) is 13.1 Å². The van der Waals surface area contributed by atoms with Gasteiger partial charge in [-0.05, 0) is 13.0 Å². The summed E-state index contributed by atoms with van der Waals surface area (Å²) in [5, 5.41) is 14.3. The number of amides is 1. The van der Waals surface area contributed by atoms with Crippen molar-refractivity contribution >= 4 is 11.9 Å². The number of aliphatic carboxylic acids is 1. The predicted octanol–water partition coefficient (Wildman–Crippen LogP) is -0.567. The van der Waals surface area contributed by atoms with Crippen LogP contribution in [0.2, 0.25) is 0 Å². The van der Waals surface area contributed by atoms with Gasteiger partial charge in [-0.25, -0.2) is 0 Å². The van der Waals surface area contributed by atoms with Crippen molar-refractivity contribution in [3.05, 3.63) is 0 Å². The second-order valence-corrected chi connectivity index (χ2v) is 3.67. The van der Waals surface area contributed by atoms with E-state index in [0.717, 1.165) is 13.0 Å². The van der Waals surface area contributed by atoms with Crippen LogP contribution in [-0.2, 0) is 9.59 Å². The fraction of sp³-hybridized carbons (Fsp3) is 0.778. The topological polar surface area (TPSA) is 78.4 Å². The average Bonchev–Trinajstić information content (AvgIpc) is 2.66. The van der Waals surface area contributed by atoms with Crippen molar-refractivity contribution in [3.63, 3.8) is 0 Å². The van der Waals surface area contributed by atoms with E-state index < -0.39 is 11.9 Å². The van der Waals surface area contributed by atoms with E-state index in [0.29, 0.717) is 6.54 Å². The highest BCUT2D eigenvalue weighted by Gasteiger charge is 2.23. The summed E-state index contributed by atoms with van der Waals surface area (Å²) in [5.41, 5.74) is 0. The lowest BCUT2D eigenvalue weighted by Crippen LogP contribution is -2.36. The number of rotatable bonds is 4. The minimum atomic E-state index is -0.880. The molecule has 0 aliphatic carbocycles. The molecule has 0 spiro atoms. The van der Waals surface area contributed by atoms with Crippen LogP contribution >= 0.6 is 0 Å². The largest absolute Gasteiger partial charge is 0.481 e. The van der Waals surface area contributed by atoms with Gasteiger partial charge in [-0.3, -0.25) is 9.59 Å². The SMILES string of the molecule is CC(CNC(=O)C1CCNC1)C(=O)O. The summed E-state index contributed by atoms with van der Waals surface area (Å²) < 4.78 is 0. The maximum absolute atomic E-state index is 11.4. The van der Waals surface area contributed by atoms with Crippen LogP contribution in [0.25, 0.3) is 0 Å². The highest BCUT2D eigenvalue weighted by atomic mass is 16.4. The lowest BCUT2D eigenvalue weighted by Gasteiger charge is -2.11. The van der Waals surface area contributed by atoms with Gasteiger partial charge in [0.05, 0.1) is 11.8 Å². The second-order valence-electron chi connectivity index (χ2n) is 3.67. The number of hydrogen-bond acceptors (Lipinski definition) is 3. The van der Waals surface area contributed by atoms with E-state index >= 15 is 0 Å². The van der Waals surface area contributed by atoms with E-state index in [-0.39, 0.29) is 18.4 Å². The number of nitrogens with one attached hydrogen (secondary N) is 2. The Balaban J connectivity index is 2.23. The Hall–Kier alpha value is -1.10. The van der Waals surface area contributed by atoms with Crippen LogP contribution in [0.15, 0.2) is 0 Å². The Morgan fingerprint density at radius 3 is 2.86 bits per heavy atom. The normalized spacial score (nSPS) is 23.1. The summed E-state index contributed by atoms with van der Waals surface area (Å²) >= 11 is 0. The number of carboxylic acid groups (broad SMARTS) is 1. The van der Waals surface area contributed by atoms with Crippen molar-refractivity contribution in [3.8, 4) is 0 Å². The third-order valence-corrected chi connectivity index (χ3v) is 2.44. The van der Waals surface area contributed by atoms with Crippen LogP contribution in [0.3, 0.4) is 0 Å². The van der Waals surface area contributed by atoms with Crippen LogP contribution < -0.4 is 10.6 Å². The van der Waals surface area contributed by atoms with Gasteiger partial charge in [0.1, 0.15) is 0 Å². The fourth-order valence-electron chi connectivity index (χ4n) is 1.36. The number of carbonyl (C=O) groups is 2. The Morgan fingerprint density at radius 1 is 1.64 bits per heavy atom. The minimum Gasteiger partial charge on any atom is -0.481 e. The van der Waals surface area contributed by atoms with Crippen molar-refractivity contribution in [2.75, 3.05) is 19.6 Å². The first-order valence-electron chi connectivity index (χ1n) is 4.82. The molecule has 0 radical (unpaired) electrons. The summed E-state index contributed by atoms with van der Waals surface area (Å²) in [7, 11) is 0. The summed E-state index contributed by atoms with van der Waals surface area (Å²) in [5.74, 6) is -1.43. The number of carboxylic acids is 1. The van der Waals surface area contributed by atoms with E-state index in [2.05, 4.69) is 10.6 Å². The Kier molecular flexibility index (Phi) is 3.88. The smallest absolute Gasteiger partial charge is 0.308 e. The van der Waals surface area contributed by atoms with E-state index in [9.17, 15) is 9.59 Å². The van der Waals surface area contributed by atoms with E-state index in [1.807, 2.05) is 0 Å². The number of hydrogen-bond donors (Lipinski definition) is 3. The van der Waals surface area contributed by atoms with Crippen molar-refractivity contribution < 1.29 is 14.7 Å². The van der Waals surface area contributed by atoms with Crippen LogP contribution in [0, 0.1) is 11.8 Å². The quantitative estimate of drug-likeness (QED) is 0.568. The first-order chi connectivity index (χ1) is 6.61. The molecule has 14 heavy (non-hydrogen) atoms. The fourth-order valence-corrected chi connectivity index (χ4v) is 1.36. The Labute approximate surface area is 82.9 Å². The van der Waals surface area contributed by atoms with Crippen LogP contribution in [-0.4, -0.2) is 36.6 Å². The summed E-state index contributed by atoms with van der Waals surface area (Å²) in [6.45, 7) is 3.36. The molecule has 1 aliphatic rings. The monoisotopic (exact) mass is 200 g/mol.